The fraction of sp³-hybridized carbons (Fsp3) is 0.323. The topological polar surface area (TPSA) is 121 Å². The first kappa shape index (κ1) is 28.1. The number of anilines is 1. The fourth-order valence-electron chi connectivity index (χ4n) is 5.00. The molecule has 0 atom stereocenters. The van der Waals surface area contributed by atoms with Crippen LogP contribution in [-0.2, 0) is 4.74 Å². The van der Waals surface area contributed by atoms with E-state index >= 15 is 0 Å². The van der Waals surface area contributed by atoms with Crippen molar-refractivity contribution in [3.8, 4) is 17.2 Å². The quantitative estimate of drug-likeness (QED) is 0.245. The molecule has 2 aromatic carbocycles. The van der Waals surface area contributed by atoms with Crippen LogP contribution >= 0.6 is 0 Å². The van der Waals surface area contributed by atoms with Crippen molar-refractivity contribution in [3.63, 3.8) is 0 Å². The van der Waals surface area contributed by atoms with Gasteiger partial charge in [0.25, 0.3) is 5.91 Å². The summed E-state index contributed by atoms with van der Waals surface area (Å²) in [7, 11) is 0. The number of aromatic nitrogens is 2. The minimum Gasteiger partial charge on any atom is -0.487 e. The molecule has 4 aromatic rings. The van der Waals surface area contributed by atoms with E-state index in [1.54, 1.807) is 37.4 Å². The molecule has 0 aliphatic carbocycles. The molecule has 0 radical (unpaired) electrons. The van der Waals surface area contributed by atoms with Crippen LogP contribution < -0.4 is 20.5 Å². The standard InChI is InChI=1S/C31H35N5O5/c1-4-35-18-24(19-35)21-6-8-22(9-7-21)30(37)34-29-16-25(10-11-33-29)41-28-15-23-14-20(3)36(31(32)38)26(23)17-27(28)40-13-12-39-5-2/h6-11,14-17,24H,4-5,12-13,18-19H2,1-3H3,(H2,32,38)(H,33,34,37). The summed E-state index contributed by atoms with van der Waals surface area (Å²) in [5.74, 6) is 1.93. The lowest BCUT2D eigenvalue weighted by Gasteiger charge is -2.38. The largest absolute Gasteiger partial charge is 0.487 e. The Morgan fingerprint density at radius 2 is 1.80 bits per heavy atom. The van der Waals surface area contributed by atoms with E-state index < -0.39 is 6.03 Å². The van der Waals surface area contributed by atoms with Gasteiger partial charge in [-0.1, -0.05) is 19.1 Å². The molecular weight excluding hydrogens is 522 g/mol. The number of rotatable bonds is 11. The Balaban J connectivity index is 1.32. The van der Waals surface area contributed by atoms with Gasteiger partial charge in [-0.15, -0.1) is 0 Å². The molecule has 1 saturated heterocycles. The molecular formula is C31H35N5O5. The maximum atomic E-state index is 12.9. The second-order valence-corrected chi connectivity index (χ2v) is 9.97. The van der Waals surface area contributed by atoms with Gasteiger partial charge in [-0.2, -0.15) is 0 Å². The monoisotopic (exact) mass is 557 g/mol. The zero-order valence-corrected chi connectivity index (χ0v) is 23.6. The Hall–Kier alpha value is -4.41. The highest BCUT2D eigenvalue weighted by atomic mass is 16.5. The highest BCUT2D eigenvalue weighted by Gasteiger charge is 2.26. The molecule has 10 nitrogen and oxygen atoms in total. The van der Waals surface area contributed by atoms with E-state index in [-0.39, 0.29) is 5.91 Å². The zero-order valence-electron chi connectivity index (χ0n) is 23.6. The van der Waals surface area contributed by atoms with Gasteiger partial charge in [-0.3, -0.25) is 9.36 Å². The molecule has 2 aromatic heterocycles. The van der Waals surface area contributed by atoms with E-state index in [0.29, 0.717) is 65.6 Å². The third-order valence-corrected chi connectivity index (χ3v) is 7.21. The maximum absolute atomic E-state index is 12.9. The number of nitrogens with two attached hydrogens (primary N) is 1. The molecule has 0 bridgehead atoms. The summed E-state index contributed by atoms with van der Waals surface area (Å²) in [6.07, 6.45) is 1.56. The Morgan fingerprint density at radius 1 is 1.02 bits per heavy atom. The average molecular weight is 558 g/mol. The fourth-order valence-corrected chi connectivity index (χ4v) is 5.00. The number of ether oxygens (including phenoxy) is 3. The highest BCUT2D eigenvalue weighted by molar-refractivity contribution is 6.03. The van der Waals surface area contributed by atoms with Gasteiger partial charge >= 0.3 is 6.03 Å². The van der Waals surface area contributed by atoms with Crippen molar-refractivity contribution in [2.75, 3.05) is 44.8 Å². The molecule has 41 heavy (non-hydrogen) atoms. The van der Waals surface area contributed by atoms with Gasteiger partial charge in [0.05, 0.1) is 12.1 Å². The van der Waals surface area contributed by atoms with Crippen molar-refractivity contribution in [1.82, 2.24) is 14.5 Å². The van der Waals surface area contributed by atoms with Crippen molar-refractivity contribution < 1.29 is 23.8 Å². The van der Waals surface area contributed by atoms with Crippen LogP contribution in [0.15, 0.2) is 60.8 Å². The number of pyridine rings is 1. The molecule has 0 spiro atoms. The van der Waals surface area contributed by atoms with Crippen molar-refractivity contribution in [1.29, 1.82) is 0 Å². The summed E-state index contributed by atoms with van der Waals surface area (Å²) >= 11 is 0. The minimum atomic E-state index is -0.582. The molecule has 1 aliphatic heterocycles. The molecule has 1 aliphatic rings. The van der Waals surface area contributed by atoms with Gasteiger partial charge in [0.1, 0.15) is 18.2 Å². The van der Waals surface area contributed by atoms with E-state index in [1.165, 1.54) is 10.1 Å². The lowest BCUT2D eigenvalue weighted by atomic mass is 9.91. The van der Waals surface area contributed by atoms with Crippen LogP contribution in [0, 0.1) is 6.92 Å². The molecule has 214 valence electrons. The number of likely N-dealkylation sites (tertiary alicyclic amines) is 1. The van der Waals surface area contributed by atoms with Crippen LogP contribution in [0.1, 0.15) is 41.4 Å². The molecule has 0 unspecified atom stereocenters. The smallest absolute Gasteiger partial charge is 0.323 e. The molecule has 1 fully saturated rings. The number of amides is 2. The number of fused-ring (bicyclic) bond motifs is 1. The minimum absolute atomic E-state index is 0.255. The summed E-state index contributed by atoms with van der Waals surface area (Å²) in [6, 6.07) is 15.9. The van der Waals surface area contributed by atoms with E-state index in [4.69, 9.17) is 19.9 Å². The summed E-state index contributed by atoms with van der Waals surface area (Å²) < 4.78 is 19.0. The van der Waals surface area contributed by atoms with Crippen LogP contribution in [0.2, 0.25) is 0 Å². The second-order valence-electron chi connectivity index (χ2n) is 9.97. The van der Waals surface area contributed by atoms with Gasteiger partial charge in [0, 0.05) is 60.6 Å². The van der Waals surface area contributed by atoms with Gasteiger partial charge < -0.3 is 30.2 Å². The number of primary amides is 1. The summed E-state index contributed by atoms with van der Waals surface area (Å²) in [5.41, 5.74) is 8.72. The zero-order chi connectivity index (χ0) is 28.9. The van der Waals surface area contributed by atoms with Crippen molar-refractivity contribution in [2.24, 2.45) is 5.73 Å². The van der Waals surface area contributed by atoms with Gasteiger partial charge in [0.15, 0.2) is 11.5 Å². The van der Waals surface area contributed by atoms with Crippen LogP contribution in [0.4, 0.5) is 10.6 Å². The number of benzene rings is 2. The number of aryl methyl sites for hydroxylation is 1. The summed E-state index contributed by atoms with van der Waals surface area (Å²) in [6.45, 7) is 10.3. The second kappa shape index (κ2) is 12.4. The van der Waals surface area contributed by atoms with E-state index in [0.717, 1.165) is 25.0 Å². The number of likely N-dealkylation sites (N-methyl/N-ethyl adjacent to an activating group) is 1. The number of carbonyl (C=O) groups is 2. The Kier molecular flexibility index (Phi) is 8.51. The van der Waals surface area contributed by atoms with E-state index in [2.05, 4.69) is 22.1 Å². The van der Waals surface area contributed by atoms with Crippen molar-refractivity contribution >= 4 is 28.7 Å². The lowest BCUT2D eigenvalue weighted by Crippen LogP contribution is -2.44. The van der Waals surface area contributed by atoms with Crippen LogP contribution in [-0.4, -0.2) is 65.8 Å². The van der Waals surface area contributed by atoms with E-state index in [1.807, 2.05) is 37.3 Å². The van der Waals surface area contributed by atoms with Crippen molar-refractivity contribution in [3.05, 3.63) is 77.6 Å². The Morgan fingerprint density at radius 3 is 2.51 bits per heavy atom. The van der Waals surface area contributed by atoms with Crippen molar-refractivity contribution in [2.45, 2.75) is 26.7 Å². The lowest BCUT2D eigenvalue weighted by molar-refractivity contribution is 0.102. The third-order valence-electron chi connectivity index (χ3n) is 7.21. The van der Waals surface area contributed by atoms with E-state index in [9.17, 15) is 9.59 Å². The first-order chi connectivity index (χ1) is 19.9. The number of nitrogens with one attached hydrogen (secondary N) is 1. The number of carbonyl (C=O) groups excluding carboxylic acids is 2. The maximum Gasteiger partial charge on any atom is 0.323 e. The number of hydrogen-bond acceptors (Lipinski definition) is 7. The van der Waals surface area contributed by atoms with Gasteiger partial charge in [-0.05, 0) is 56.3 Å². The Labute approximate surface area is 239 Å². The number of nitrogens with zero attached hydrogens (tertiary/aromatic N) is 3. The predicted octanol–water partition coefficient (Wildman–Crippen LogP) is 5.15. The molecule has 3 N–H and O–H groups in total. The summed E-state index contributed by atoms with van der Waals surface area (Å²) in [5, 5.41) is 3.62. The van der Waals surface area contributed by atoms with Crippen LogP contribution in [0.25, 0.3) is 10.9 Å². The molecule has 10 heteroatoms. The molecule has 2 amide bonds. The van der Waals surface area contributed by atoms with Gasteiger partial charge in [-0.25, -0.2) is 9.78 Å². The van der Waals surface area contributed by atoms with Crippen LogP contribution in [0.5, 0.6) is 17.2 Å². The van der Waals surface area contributed by atoms with Gasteiger partial charge in [0.2, 0.25) is 0 Å². The molecule has 5 rings (SSSR count). The normalized spacial score (nSPS) is 13.6. The number of hydrogen-bond donors (Lipinski definition) is 2. The molecule has 3 heterocycles. The highest BCUT2D eigenvalue weighted by Crippen LogP contribution is 2.37. The SMILES string of the molecule is CCOCCOc1cc2c(cc1Oc1ccnc(NC(=O)c3ccc(C4CN(CC)C4)cc3)c1)cc(C)n2C(N)=O. The van der Waals surface area contributed by atoms with Crippen LogP contribution in [0.3, 0.4) is 0 Å². The molecule has 0 saturated carbocycles. The predicted molar refractivity (Wildman–Crippen MR) is 157 cm³/mol. The third kappa shape index (κ3) is 6.34. The first-order valence-corrected chi connectivity index (χ1v) is 13.8. The Bertz CT molecular complexity index is 1540. The first-order valence-electron chi connectivity index (χ1n) is 13.8. The average Bonchev–Trinajstić information content (AvgIpc) is 3.25. The summed E-state index contributed by atoms with van der Waals surface area (Å²) in [4.78, 5) is 31.7.